The molecule has 0 radical (unpaired) electrons. The van der Waals surface area contributed by atoms with E-state index >= 15 is 0 Å². The van der Waals surface area contributed by atoms with Crippen molar-refractivity contribution in [2.24, 2.45) is 5.73 Å². The lowest BCUT2D eigenvalue weighted by molar-refractivity contribution is 0.160. The van der Waals surface area contributed by atoms with Crippen LogP contribution < -0.4 is 5.73 Å². The van der Waals surface area contributed by atoms with Gasteiger partial charge in [0.25, 0.3) is 0 Å². The fraction of sp³-hybridized carbons (Fsp3) is 0.400. The van der Waals surface area contributed by atoms with E-state index in [0.717, 1.165) is 0 Å². The van der Waals surface area contributed by atoms with Gasteiger partial charge in [0.15, 0.2) is 0 Å². The normalized spacial score (nSPS) is 15.4. The van der Waals surface area contributed by atoms with Crippen LogP contribution in [0.5, 0.6) is 0 Å². The predicted molar refractivity (Wildman–Crippen MR) is 49.6 cm³/mol. The minimum absolute atomic E-state index is 0.0555. The van der Waals surface area contributed by atoms with Gasteiger partial charge in [-0.3, -0.25) is 0 Å². The summed E-state index contributed by atoms with van der Waals surface area (Å²) in [4.78, 5) is 0. The first kappa shape index (κ1) is 10.2. The number of rotatable bonds is 3. The summed E-state index contributed by atoms with van der Waals surface area (Å²) in [6, 6.07) is 5.75. The van der Waals surface area contributed by atoms with Crippen LogP contribution in [0.1, 0.15) is 25.0 Å². The van der Waals surface area contributed by atoms with Crippen LogP contribution in [-0.2, 0) is 0 Å². The first-order valence-electron chi connectivity index (χ1n) is 4.28. The van der Waals surface area contributed by atoms with E-state index in [1.165, 1.54) is 12.1 Å². The maximum Gasteiger partial charge on any atom is 0.123 e. The van der Waals surface area contributed by atoms with E-state index in [1.807, 2.05) is 6.92 Å². The van der Waals surface area contributed by atoms with Gasteiger partial charge in [-0.1, -0.05) is 12.1 Å². The molecule has 72 valence electrons. The molecule has 1 aromatic carbocycles. The molecule has 0 aliphatic carbocycles. The Labute approximate surface area is 77.2 Å². The van der Waals surface area contributed by atoms with Crippen molar-refractivity contribution in [3.8, 4) is 0 Å². The smallest absolute Gasteiger partial charge is 0.123 e. The molecule has 0 bridgehead atoms. The van der Waals surface area contributed by atoms with Crippen molar-refractivity contribution in [2.75, 3.05) is 0 Å². The lowest BCUT2D eigenvalue weighted by Crippen LogP contribution is -2.18. The van der Waals surface area contributed by atoms with Crippen molar-refractivity contribution >= 4 is 0 Å². The highest BCUT2D eigenvalue weighted by molar-refractivity contribution is 5.18. The first-order chi connectivity index (χ1) is 6.09. The molecule has 0 aliphatic heterocycles. The molecule has 1 aromatic rings. The summed E-state index contributed by atoms with van der Waals surface area (Å²) in [7, 11) is 0. The van der Waals surface area contributed by atoms with Crippen molar-refractivity contribution in [3.63, 3.8) is 0 Å². The van der Waals surface area contributed by atoms with Crippen LogP contribution >= 0.6 is 0 Å². The Bertz CT molecular complexity index is 258. The maximum atomic E-state index is 12.5. The minimum Gasteiger partial charge on any atom is -0.388 e. The monoisotopic (exact) mass is 183 g/mol. The molecule has 1 rings (SSSR count). The van der Waals surface area contributed by atoms with E-state index in [2.05, 4.69) is 0 Å². The molecule has 0 saturated carbocycles. The molecule has 3 heteroatoms. The topological polar surface area (TPSA) is 46.2 Å². The summed E-state index contributed by atoms with van der Waals surface area (Å²) in [5.41, 5.74) is 6.23. The van der Waals surface area contributed by atoms with E-state index in [0.29, 0.717) is 12.0 Å². The Morgan fingerprint density at radius 3 is 2.38 bits per heavy atom. The summed E-state index contributed by atoms with van der Waals surface area (Å²) in [6.45, 7) is 1.83. The van der Waals surface area contributed by atoms with Crippen molar-refractivity contribution in [3.05, 3.63) is 35.6 Å². The lowest BCUT2D eigenvalue weighted by atomic mass is 10.0. The highest BCUT2D eigenvalue weighted by atomic mass is 19.1. The van der Waals surface area contributed by atoms with Crippen LogP contribution in [-0.4, -0.2) is 11.1 Å². The molecule has 2 nitrogen and oxygen atoms in total. The van der Waals surface area contributed by atoms with Crippen LogP contribution in [0.15, 0.2) is 24.3 Å². The van der Waals surface area contributed by atoms with E-state index in [4.69, 9.17) is 5.73 Å². The highest BCUT2D eigenvalue weighted by Gasteiger charge is 2.09. The zero-order chi connectivity index (χ0) is 9.84. The molecule has 0 heterocycles. The summed E-state index contributed by atoms with van der Waals surface area (Å²) in [6.07, 6.45) is -0.105. The van der Waals surface area contributed by atoms with Crippen LogP contribution in [0.3, 0.4) is 0 Å². The fourth-order valence-corrected chi connectivity index (χ4v) is 1.17. The van der Waals surface area contributed by atoms with Gasteiger partial charge in [0.2, 0.25) is 0 Å². The molecule has 2 atom stereocenters. The number of nitrogens with two attached hydrogens (primary N) is 1. The molecule has 0 aromatic heterocycles. The summed E-state index contributed by atoms with van der Waals surface area (Å²) < 4.78 is 12.5. The van der Waals surface area contributed by atoms with Gasteiger partial charge in [-0.25, -0.2) is 4.39 Å². The molecule has 0 spiro atoms. The van der Waals surface area contributed by atoms with E-state index in [1.54, 1.807) is 12.1 Å². The van der Waals surface area contributed by atoms with Gasteiger partial charge in [0.05, 0.1) is 6.10 Å². The second-order valence-electron chi connectivity index (χ2n) is 3.28. The Balaban J connectivity index is 2.66. The molecule has 0 fully saturated rings. The molecular formula is C10H14FNO. The number of aliphatic hydroxyl groups is 1. The Hall–Kier alpha value is -0.930. The van der Waals surface area contributed by atoms with Gasteiger partial charge >= 0.3 is 0 Å². The van der Waals surface area contributed by atoms with Gasteiger partial charge < -0.3 is 10.8 Å². The standard InChI is InChI=1S/C10H14FNO/c1-7(12)6-10(13)8-2-4-9(11)5-3-8/h2-5,7,10,13H,6,12H2,1H3/t7-,10+/m1/s1. The van der Waals surface area contributed by atoms with Crippen LogP contribution in [0.2, 0.25) is 0 Å². The predicted octanol–water partition coefficient (Wildman–Crippen LogP) is 1.60. The largest absolute Gasteiger partial charge is 0.388 e. The third-order valence-corrected chi connectivity index (χ3v) is 1.85. The molecule has 0 unspecified atom stereocenters. The fourth-order valence-electron chi connectivity index (χ4n) is 1.17. The highest BCUT2D eigenvalue weighted by Crippen LogP contribution is 2.17. The van der Waals surface area contributed by atoms with Crippen molar-refractivity contribution in [1.29, 1.82) is 0 Å². The van der Waals surface area contributed by atoms with Gasteiger partial charge in [-0.05, 0) is 31.0 Å². The third kappa shape index (κ3) is 3.13. The average molecular weight is 183 g/mol. The average Bonchev–Trinajstić information content (AvgIpc) is 2.04. The van der Waals surface area contributed by atoms with Gasteiger partial charge in [-0.15, -0.1) is 0 Å². The second-order valence-corrected chi connectivity index (χ2v) is 3.28. The van der Waals surface area contributed by atoms with Gasteiger partial charge in [0.1, 0.15) is 5.82 Å². The van der Waals surface area contributed by atoms with E-state index < -0.39 is 6.10 Å². The second kappa shape index (κ2) is 4.35. The van der Waals surface area contributed by atoms with Crippen LogP contribution in [0.25, 0.3) is 0 Å². The Morgan fingerprint density at radius 1 is 1.38 bits per heavy atom. The summed E-state index contributed by atoms with van der Waals surface area (Å²) in [5, 5.41) is 9.58. The Kier molecular flexibility index (Phi) is 3.39. The minimum atomic E-state index is -0.597. The van der Waals surface area contributed by atoms with Gasteiger partial charge in [0, 0.05) is 6.04 Å². The van der Waals surface area contributed by atoms with Gasteiger partial charge in [-0.2, -0.15) is 0 Å². The zero-order valence-electron chi connectivity index (χ0n) is 7.57. The maximum absolute atomic E-state index is 12.5. The number of benzene rings is 1. The van der Waals surface area contributed by atoms with Crippen LogP contribution in [0, 0.1) is 5.82 Å². The quantitative estimate of drug-likeness (QED) is 0.747. The number of halogens is 1. The molecule has 0 amide bonds. The lowest BCUT2D eigenvalue weighted by Gasteiger charge is -2.12. The number of hydrogen-bond donors (Lipinski definition) is 2. The summed E-state index contributed by atoms with van der Waals surface area (Å²) in [5.74, 6) is -0.295. The molecular weight excluding hydrogens is 169 g/mol. The molecule has 0 aliphatic rings. The van der Waals surface area contributed by atoms with Crippen molar-refractivity contribution in [2.45, 2.75) is 25.5 Å². The van der Waals surface area contributed by atoms with E-state index in [-0.39, 0.29) is 11.9 Å². The molecule has 0 saturated heterocycles. The summed E-state index contributed by atoms with van der Waals surface area (Å²) >= 11 is 0. The number of aliphatic hydroxyl groups excluding tert-OH is 1. The van der Waals surface area contributed by atoms with Crippen LogP contribution in [0.4, 0.5) is 4.39 Å². The molecule has 3 N–H and O–H groups in total. The Morgan fingerprint density at radius 2 is 1.92 bits per heavy atom. The van der Waals surface area contributed by atoms with E-state index in [9.17, 15) is 9.50 Å². The first-order valence-corrected chi connectivity index (χ1v) is 4.28. The van der Waals surface area contributed by atoms with Crippen molar-refractivity contribution < 1.29 is 9.50 Å². The zero-order valence-corrected chi connectivity index (χ0v) is 7.57. The molecule has 13 heavy (non-hydrogen) atoms. The third-order valence-electron chi connectivity index (χ3n) is 1.85. The van der Waals surface area contributed by atoms with Crippen molar-refractivity contribution in [1.82, 2.24) is 0 Å². The number of hydrogen-bond acceptors (Lipinski definition) is 2. The SMILES string of the molecule is C[C@@H](N)C[C@H](O)c1ccc(F)cc1.